The molecule has 1 aliphatic heterocycles. The van der Waals surface area contributed by atoms with Crippen molar-refractivity contribution in [1.29, 1.82) is 0 Å². The number of benzene rings is 3. The molecule has 7 nitrogen and oxygen atoms in total. The maximum atomic E-state index is 11.5. The highest BCUT2D eigenvalue weighted by Gasteiger charge is 2.15. The fourth-order valence-corrected chi connectivity index (χ4v) is 4.22. The number of methoxy groups -OCH3 is 1. The van der Waals surface area contributed by atoms with Crippen LogP contribution in [-0.4, -0.2) is 34.1 Å². The van der Waals surface area contributed by atoms with Crippen molar-refractivity contribution in [3.05, 3.63) is 95.3 Å². The predicted molar refractivity (Wildman–Crippen MR) is 139 cm³/mol. The molecule has 0 radical (unpaired) electrons. The molecule has 0 amide bonds. The van der Waals surface area contributed by atoms with Crippen molar-refractivity contribution in [3.8, 4) is 17.1 Å². The van der Waals surface area contributed by atoms with Gasteiger partial charge in [-0.15, -0.1) is 10.2 Å². The summed E-state index contributed by atoms with van der Waals surface area (Å²) in [4.78, 5) is 16.1. The van der Waals surface area contributed by atoms with E-state index in [9.17, 15) is 4.79 Å². The van der Waals surface area contributed by atoms with Crippen LogP contribution >= 0.6 is 0 Å². The lowest BCUT2D eigenvalue weighted by atomic mass is 10.1. The molecule has 7 heteroatoms. The van der Waals surface area contributed by atoms with E-state index in [4.69, 9.17) is 9.47 Å². The second-order valence-corrected chi connectivity index (χ2v) is 8.75. The van der Waals surface area contributed by atoms with Gasteiger partial charge in [0.05, 0.1) is 18.4 Å². The maximum Gasteiger partial charge on any atom is 0.337 e. The number of hydrogen-bond acceptors (Lipinski definition) is 6. The van der Waals surface area contributed by atoms with Crippen molar-refractivity contribution >= 4 is 17.9 Å². The molecule has 1 aromatic heterocycles. The lowest BCUT2D eigenvalue weighted by Gasteiger charge is -2.07. The minimum atomic E-state index is -0.347. The first kappa shape index (κ1) is 23.5. The van der Waals surface area contributed by atoms with Crippen molar-refractivity contribution in [2.45, 2.75) is 38.8 Å². The summed E-state index contributed by atoms with van der Waals surface area (Å²) in [5.74, 6) is 2.45. The van der Waals surface area contributed by atoms with Crippen LogP contribution in [0.25, 0.3) is 11.4 Å². The Labute approximate surface area is 210 Å². The summed E-state index contributed by atoms with van der Waals surface area (Å²) in [6.45, 7) is 1.40. The van der Waals surface area contributed by atoms with Gasteiger partial charge >= 0.3 is 5.97 Å². The summed E-state index contributed by atoms with van der Waals surface area (Å²) in [6.07, 6.45) is 6.45. The Morgan fingerprint density at radius 3 is 2.47 bits per heavy atom. The second-order valence-electron chi connectivity index (χ2n) is 8.75. The van der Waals surface area contributed by atoms with Crippen LogP contribution < -0.4 is 4.74 Å². The minimum Gasteiger partial charge on any atom is -0.489 e. The van der Waals surface area contributed by atoms with Crippen LogP contribution in [0.3, 0.4) is 0 Å². The Balaban J connectivity index is 1.17. The highest BCUT2D eigenvalue weighted by Crippen LogP contribution is 2.25. The summed E-state index contributed by atoms with van der Waals surface area (Å²) in [7, 11) is 1.37. The van der Waals surface area contributed by atoms with Gasteiger partial charge in [0.15, 0.2) is 5.82 Å². The van der Waals surface area contributed by atoms with Crippen molar-refractivity contribution < 1.29 is 14.3 Å². The van der Waals surface area contributed by atoms with Crippen LogP contribution in [0.15, 0.2) is 77.8 Å². The quantitative estimate of drug-likeness (QED) is 0.247. The third kappa shape index (κ3) is 5.51. The van der Waals surface area contributed by atoms with Crippen molar-refractivity contribution in [2.75, 3.05) is 7.11 Å². The number of nitrogens with zero attached hydrogens (tertiary/aromatic N) is 4. The van der Waals surface area contributed by atoms with Crippen molar-refractivity contribution in [1.82, 2.24) is 14.8 Å². The summed E-state index contributed by atoms with van der Waals surface area (Å²) in [6, 6.07) is 23.1. The number of aliphatic imine (C=N–C) groups is 1. The molecule has 182 valence electrons. The van der Waals surface area contributed by atoms with E-state index in [2.05, 4.69) is 31.9 Å². The molecule has 0 aliphatic carbocycles. The molecule has 0 saturated carbocycles. The Morgan fingerprint density at radius 2 is 1.72 bits per heavy atom. The van der Waals surface area contributed by atoms with Crippen molar-refractivity contribution in [3.63, 3.8) is 0 Å². The summed E-state index contributed by atoms with van der Waals surface area (Å²) < 4.78 is 12.8. The van der Waals surface area contributed by atoms with E-state index in [0.29, 0.717) is 12.2 Å². The SMILES string of the molecule is COC(=O)c1ccc(COc2ccc(C=Nc3ccc(-c4nnc5n4CCCCC5)cc3)cc2)cc1. The number of aromatic nitrogens is 3. The fourth-order valence-electron chi connectivity index (χ4n) is 4.22. The molecule has 1 aliphatic rings. The largest absolute Gasteiger partial charge is 0.489 e. The first-order valence-corrected chi connectivity index (χ1v) is 12.2. The van der Waals surface area contributed by atoms with E-state index in [-0.39, 0.29) is 5.97 Å². The van der Waals surface area contributed by atoms with E-state index >= 15 is 0 Å². The zero-order valence-corrected chi connectivity index (χ0v) is 20.3. The number of carbonyl (C=O) groups excluding carboxylic acids is 1. The Morgan fingerprint density at radius 1 is 0.944 bits per heavy atom. The molecule has 0 spiro atoms. The normalized spacial score (nSPS) is 13.2. The Bertz CT molecular complexity index is 1340. The molecule has 0 bridgehead atoms. The van der Waals surface area contributed by atoms with Crippen molar-refractivity contribution in [2.24, 2.45) is 4.99 Å². The van der Waals surface area contributed by atoms with Crippen LogP contribution in [0, 0.1) is 0 Å². The van der Waals surface area contributed by atoms with E-state index < -0.39 is 0 Å². The van der Waals surface area contributed by atoms with E-state index in [0.717, 1.165) is 52.7 Å². The topological polar surface area (TPSA) is 78.6 Å². The molecular formula is C29H28N4O3. The molecule has 0 atom stereocenters. The average Bonchev–Trinajstić information content (AvgIpc) is 3.19. The smallest absolute Gasteiger partial charge is 0.337 e. The number of fused-ring (bicyclic) bond motifs is 1. The fraction of sp³-hybridized carbons (Fsp3) is 0.241. The van der Waals surface area contributed by atoms with E-state index in [1.54, 1.807) is 12.1 Å². The first-order chi connectivity index (χ1) is 17.7. The van der Waals surface area contributed by atoms with Crippen LogP contribution in [0.2, 0.25) is 0 Å². The predicted octanol–water partition coefficient (Wildman–Crippen LogP) is 5.79. The highest BCUT2D eigenvalue weighted by atomic mass is 16.5. The molecule has 4 aromatic rings. The third-order valence-electron chi connectivity index (χ3n) is 6.26. The van der Waals surface area contributed by atoms with Gasteiger partial charge in [-0.25, -0.2) is 4.79 Å². The van der Waals surface area contributed by atoms with Gasteiger partial charge in [0, 0.05) is 24.7 Å². The molecule has 0 fully saturated rings. The Kier molecular flexibility index (Phi) is 7.17. The molecule has 2 heterocycles. The standard InChI is InChI=1S/C29H28N4O3/c1-35-29(34)24-10-6-22(7-11-24)20-36-26-16-8-21(9-17-26)19-30-25-14-12-23(13-15-25)28-32-31-27-5-3-2-4-18-33(27)28/h6-17,19H,2-5,18,20H2,1H3. The second kappa shape index (κ2) is 11.0. The van der Waals surface area contributed by atoms with Gasteiger partial charge in [-0.3, -0.25) is 4.99 Å². The van der Waals surface area contributed by atoms with Crippen LogP contribution in [0.5, 0.6) is 5.75 Å². The highest BCUT2D eigenvalue weighted by molar-refractivity contribution is 5.89. The number of esters is 1. The van der Waals surface area contributed by atoms with Gasteiger partial charge in [0.25, 0.3) is 0 Å². The van der Waals surface area contributed by atoms with Gasteiger partial charge in [0.1, 0.15) is 18.2 Å². The third-order valence-corrected chi connectivity index (χ3v) is 6.26. The van der Waals surface area contributed by atoms with Gasteiger partial charge in [-0.2, -0.15) is 0 Å². The van der Waals surface area contributed by atoms with Crippen LogP contribution in [-0.2, 0) is 24.3 Å². The molecule has 36 heavy (non-hydrogen) atoms. The number of aryl methyl sites for hydroxylation is 1. The van der Waals surface area contributed by atoms with Crippen LogP contribution in [0.1, 0.15) is 46.6 Å². The average molecular weight is 481 g/mol. The van der Waals surface area contributed by atoms with Gasteiger partial charge < -0.3 is 14.0 Å². The van der Waals surface area contributed by atoms with Crippen LogP contribution in [0.4, 0.5) is 5.69 Å². The monoisotopic (exact) mass is 480 g/mol. The first-order valence-electron chi connectivity index (χ1n) is 12.2. The molecule has 5 rings (SSSR count). The molecule has 3 aromatic carbocycles. The molecular weight excluding hydrogens is 452 g/mol. The molecule has 0 saturated heterocycles. The van der Waals surface area contributed by atoms with Gasteiger partial charge in [-0.1, -0.05) is 18.6 Å². The van der Waals surface area contributed by atoms with E-state index in [1.165, 1.54) is 26.4 Å². The number of carbonyl (C=O) groups is 1. The lowest BCUT2D eigenvalue weighted by Crippen LogP contribution is -2.02. The zero-order valence-electron chi connectivity index (χ0n) is 20.3. The number of rotatable bonds is 7. The van der Waals surface area contributed by atoms with E-state index in [1.807, 2.05) is 54.7 Å². The number of hydrogen-bond donors (Lipinski definition) is 0. The number of ether oxygens (including phenoxy) is 2. The maximum absolute atomic E-state index is 11.5. The summed E-state index contributed by atoms with van der Waals surface area (Å²) in [5.41, 5.74) is 4.42. The molecule has 0 N–H and O–H groups in total. The summed E-state index contributed by atoms with van der Waals surface area (Å²) in [5, 5.41) is 8.83. The Hall–Kier alpha value is -4.26. The van der Waals surface area contributed by atoms with Gasteiger partial charge in [-0.05, 0) is 84.6 Å². The van der Waals surface area contributed by atoms with Gasteiger partial charge in [0.2, 0.25) is 0 Å². The molecule has 0 unspecified atom stereocenters. The minimum absolute atomic E-state index is 0.347. The summed E-state index contributed by atoms with van der Waals surface area (Å²) >= 11 is 0. The zero-order chi connectivity index (χ0) is 24.7. The lowest BCUT2D eigenvalue weighted by molar-refractivity contribution is 0.0600.